The molecule has 0 unspecified atom stereocenters. The summed E-state index contributed by atoms with van der Waals surface area (Å²) in [6.07, 6.45) is 0. The molecule has 0 aliphatic carbocycles. The van der Waals surface area contributed by atoms with Crippen molar-refractivity contribution in [3.8, 4) is 11.5 Å². The molecule has 0 saturated heterocycles. The highest BCUT2D eigenvalue weighted by atomic mass is 127. The van der Waals surface area contributed by atoms with E-state index in [0.717, 1.165) is 17.0 Å². The predicted molar refractivity (Wildman–Crippen MR) is 115 cm³/mol. The standard InChI is InChI=1S/C18H22ClN3O2.HI/c1-3-23-15-8-9-17(24-4-2)16(11-15)22-18(20)21-12-13-6-5-7-14(19)10-13;/h5-11H,3-4,12H2,1-2H3,(H3,20,21,22);1H. The largest absolute Gasteiger partial charge is 0.494 e. The first-order chi connectivity index (χ1) is 11.6. The Morgan fingerprint density at radius 3 is 2.56 bits per heavy atom. The number of nitrogens with zero attached hydrogens (tertiary/aromatic N) is 1. The van der Waals surface area contributed by atoms with Crippen LogP contribution in [-0.4, -0.2) is 19.2 Å². The number of aliphatic imine (C=N–C) groups is 1. The molecule has 2 aromatic carbocycles. The van der Waals surface area contributed by atoms with Crippen LogP contribution in [-0.2, 0) is 6.54 Å². The number of rotatable bonds is 7. The maximum absolute atomic E-state index is 5.99. The lowest BCUT2D eigenvalue weighted by Gasteiger charge is -2.14. The molecule has 0 aliphatic rings. The van der Waals surface area contributed by atoms with E-state index in [9.17, 15) is 0 Å². The van der Waals surface area contributed by atoms with Crippen molar-refractivity contribution in [2.75, 3.05) is 18.5 Å². The first-order valence-corrected chi connectivity index (χ1v) is 8.21. The van der Waals surface area contributed by atoms with Gasteiger partial charge in [0.15, 0.2) is 5.96 Å². The highest BCUT2D eigenvalue weighted by molar-refractivity contribution is 14.0. The monoisotopic (exact) mass is 475 g/mol. The van der Waals surface area contributed by atoms with E-state index in [2.05, 4.69) is 10.3 Å². The van der Waals surface area contributed by atoms with Crippen LogP contribution in [0, 0.1) is 0 Å². The Labute approximate surface area is 170 Å². The third kappa shape index (κ3) is 6.99. The molecule has 0 spiro atoms. The van der Waals surface area contributed by atoms with Crippen LogP contribution < -0.4 is 20.5 Å². The SMILES string of the molecule is CCOc1ccc(OCC)c(NC(N)=NCc2cccc(Cl)c2)c1.I. The van der Waals surface area contributed by atoms with Gasteiger partial charge in [0, 0.05) is 11.1 Å². The van der Waals surface area contributed by atoms with Gasteiger partial charge in [-0.05, 0) is 43.7 Å². The second-order valence-corrected chi connectivity index (χ2v) is 5.42. The molecule has 0 fully saturated rings. The predicted octanol–water partition coefficient (Wildman–Crippen LogP) is 4.68. The molecule has 0 bridgehead atoms. The number of guanidine groups is 1. The quantitative estimate of drug-likeness (QED) is 0.346. The molecule has 25 heavy (non-hydrogen) atoms. The zero-order valence-electron chi connectivity index (χ0n) is 14.3. The second-order valence-electron chi connectivity index (χ2n) is 4.98. The van der Waals surface area contributed by atoms with Crippen LogP contribution in [0.4, 0.5) is 5.69 Å². The average molecular weight is 476 g/mol. The Morgan fingerprint density at radius 2 is 1.88 bits per heavy atom. The number of benzene rings is 2. The third-order valence-electron chi connectivity index (χ3n) is 3.15. The lowest BCUT2D eigenvalue weighted by molar-refractivity contribution is 0.332. The van der Waals surface area contributed by atoms with Gasteiger partial charge in [-0.3, -0.25) is 0 Å². The number of hydrogen-bond acceptors (Lipinski definition) is 3. The van der Waals surface area contributed by atoms with E-state index in [1.54, 1.807) is 0 Å². The summed E-state index contributed by atoms with van der Waals surface area (Å²) in [5.41, 5.74) is 7.69. The summed E-state index contributed by atoms with van der Waals surface area (Å²) in [5, 5.41) is 3.75. The van der Waals surface area contributed by atoms with Crippen molar-refractivity contribution < 1.29 is 9.47 Å². The van der Waals surface area contributed by atoms with Crippen molar-refractivity contribution in [2.24, 2.45) is 10.7 Å². The van der Waals surface area contributed by atoms with Gasteiger partial charge in [0.1, 0.15) is 11.5 Å². The van der Waals surface area contributed by atoms with Crippen molar-refractivity contribution in [3.63, 3.8) is 0 Å². The summed E-state index contributed by atoms with van der Waals surface area (Å²) < 4.78 is 11.1. The number of anilines is 1. The number of nitrogens with two attached hydrogens (primary N) is 1. The van der Waals surface area contributed by atoms with Crippen molar-refractivity contribution >= 4 is 47.2 Å². The van der Waals surface area contributed by atoms with Crippen molar-refractivity contribution in [1.82, 2.24) is 0 Å². The van der Waals surface area contributed by atoms with Crippen LogP contribution in [0.1, 0.15) is 19.4 Å². The number of hydrogen-bond donors (Lipinski definition) is 2. The van der Waals surface area contributed by atoms with Crippen LogP contribution in [0.2, 0.25) is 5.02 Å². The van der Waals surface area contributed by atoms with Gasteiger partial charge >= 0.3 is 0 Å². The second kappa shape index (κ2) is 11.0. The molecule has 0 aromatic heterocycles. The van der Waals surface area contributed by atoms with Crippen LogP contribution in [0.3, 0.4) is 0 Å². The summed E-state index contributed by atoms with van der Waals surface area (Å²) in [6.45, 7) is 5.45. The molecule has 0 amide bonds. The number of nitrogens with one attached hydrogen (secondary N) is 1. The minimum absolute atomic E-state index is 0. The molecule has 0 saturated carbocycles. The van der Waals surface area contributed by atoms with E-state index >= 15 is 0 Å². The third-order valence-corrected chi connectivity index (χ3v) is 3.38. The summed E-state index contributed by atoms with van der Waals surface area (Å²) in [7, 11) is 0. The lowest BCUT2D eigenvalue weighted by Crippen LogP contribution is -2.23. The maximum Gasteiger partial charge on any atom is 0.193 e. The molecule has 136 valence electrons. The molecule has 0 radical (unpaired) electrons. The average Bonchev–Trinajstić information content (AvgIpc) is 2.56. The first kappa shape index (κ1) is 21.4. The first-order valence-electron chi connectivity index (χ1n) is 7.83. The zero-order valence-corrected chi connectivity index (χ0v) is 17.4. The molecule has 3 N–H and O–H groups in total. The highest BCUT2D eigenvalue weighted by Crippen LogP contribution is 2.29. The number of halogens is 2. The molecule has 7 heteroatoms. The summed E-state index contributed by atoms with van der Waals surface area (Å²) in [5.74, 6) is 1.73. The van der Waals surface area contributed by atoms with Crippen LogP contribution in [0.15, 0.2) is 47.5 Å². The summed E-state index contributed by atoms with van der Waals surface area (Å²) in [4.78, 5) is 4.34. The molecule has 2 aromatic rings. The molecule has 0 atom stereocenters. The van der Waals surface area contributed by atoms with Gasteiger partial charge < -0.3 is 20.5 Å². The van der Waals surface area contributed by atoms with Crippen molar-refractivity contribution in [3.05, 3.63) is 53.1 Å². The fourth-order valence-electron chi connectivity index (χ4n) is 2.13. The Balaban J connectivity index is 0.00000312. The van der Waals surface area contributed by atoms with Crippen molar-refractivity contribution in [2.45, 2.75) is 20.4 Å². The van der Waals surface area contributed by atoms with E-state index < -0.39 is 0 Å². The van der Waals surface area contributed by atoms with Crippen molar-refractivity contribution in [1.29, 1.82) is 0 Å². The normalized spacial score (nSPS) is 10.8. The Morgan fingerprint density at radius 1 is 1.12 bits per heavy atom. The Hall–Kier alpha value is -1.67. The molecular formula is C18H23ClIN3O2. The van der Waals surface area contributed by atoms with Crippen LogP contribution >= 0.6 is 35.6 Å². The Kier molecular flexibility index (Phi) is 9.44. The van der Waals surface area contributed by atoms with E-state index in [-0.39, 0.29) is 24.0 Å². The minimum atomic E-state index is 0. The zero-order chi connectivity index (χ0) is 17.4. The van der Waals surface area contributed by atoms with Crippen LogP contribution in [0.5, 0.6) is 11.5 Å². The topological polar surface area (TPSA) is 68.9 Å². The highest BCUT2D eigenvalue weighted by Gasteiger charge is 2.07. The molecule has 5 nitrogen and oxygen atoms in total. The minimum Gasteiger partial charge on any atom is -0.494 e. The van der Waals surface area contributed by atoms with E-state index in [1.165, 1.54) is 0 Å². The summed E-state index contributed by atoms with van der Waals surface area (Å²) in [6, 6.07) is 13.1. The van der Waals surface area contributed by atoms with Crippen LogP contribution in [0.25, 0.3) is 0 Å². The van der Waals surface area contributed by atoms with E-state index in [1.807, 2.05) is 56.3 Å². The molecule has 2 rings (SSSR count). The lowest BCUT2D eigenvalue weighted by atomic mass is 10.2. The van der Waals surface area contributed by atoms with E-state index in [4.69, 9.17) is 26.8 Å². The molecular weight excluding hydrogens is 453 g/mol. The Bertz CT molecular complexity index is 710. The van der Waals surface area contributed by atoms with E-state index in [0.29, 0.717) is 36.5 Å². The molecule has 0 heterocycles. The summed E-state index contributed by atoms with van der Waals surface area (Å²) >= 11 is 5.97. The number of ether oxygens (including phenoxy) is 2. The fraction of sp³-hybridized carbons (Fsp3) is 0.278. The van der Waals surface area contributed by atoms with Gasteiger partial charge in [0.25, 0.3) is 0 Å². The van der Waals surface area contributed by atoms with Gasteiger partial charge in [-0.15, -0.1) is 24.0 Å². The van der Waals surface area contributed by atoms with Gasteiger partial charge in [0.05, 0.1) is 25.4 Å². The fourth-order valence-corrected chi connectivity index (χ4v) is 2.35. The maximum atomic E-state index is 5.99. The smallest absolute Gasteiger partial charge is 0.193 e. The van der Waals surface area contributed by atoms with Gasteiger partial charge in [0.2, 0.25) is 0 Å². The van der Waals surface area contributed by atoms with Gasteiger partial charge in [-0.2, -0.15) is 0 Å². The van der Waals surface area contributed by atoms with Gasteiger partial charge in [-0.25, -0.2) is 4.99 Å². The molecule has 0 aliphatic heterocycles. The van der Waals surface area contributed by atoms with Gasteiger partial charge in [-0.1, -0.05) is 23.7 Å².